The predicted molar refractivity (Wildman–Crippen MR) is 82.6 cm³/mol. The summed E-state index contributed by atoms with van der Waals surface area (Å²) in [5, 5.41) is 4.24. The van der Waals surface area contributed by atoms with Crippen molar-refractivity contribution < 1.29 is 4.42 Å². The Hall–Kier alpha value is -0.160. The van der Waals surface area contributed by atoms with Gasteiger partial charge < -0.3 is 9.73 Å². The summed E-state index contributed by atoms with van der Waals surface area (Å²) < 4.78 is 6.95. The maximum Gasteiger partial charge on any atom is 0.169 e. The minimum Gasteiger partial charge on any atom is -0.452 e. The van der Waals surface area contributed by atoms with Crippen molar-refractivity contribution in [2.24, 2.45) is 0 Å². The fourth-order valence-electron chi connectivity index (χ4n) is 1.50. The van der Waals surface area contributed by atoms with Crippen molar-refractivity contribution >= 4 is 60.7 Å². The zero-order chi connectivity index (χ0) is 13.3. The summed E-state index contributed by atoms with van der Waals surface area (Å²) in [6.45, 7) is 1.98. The number of benzene rings is 1. The van der Waals surface area contributed by atoms with Gasteiger partial charge in [0.05, 0.1) is 21.8 Å². The lowest BCUT2D eigenvalue weighted by Gasteiger charge is -2.15. The average molecular weight is 414 g/mol. The van der Waals surface area contributed by atoms with E-state index in [-0.39, 0.29) is 6.04 Å². The van der Waals surface area contributed by atoms with Gasteiger partial charge in [0.1, 0.15) is 5.76 Å². The van der Waals surface area contributed by atoms with Crippen LogP contribution in [0.3, 0.4) is 0 Å². The molecule has 1 atom stereocenters. The lowest BCUT2D eigenvalue weighted by Crippen LogP contribution is -2.06. The molecule has 0 aliphatic rings. The molecule has 0 radical (unpaired) electrons. The van der Waals surface area contributed by atoms with Crippen molar-refractivity contribution in [3.05, 3.63) is 49.2 Å². The maximum absolute atomic E-state index is 6.17. The van der Waals surface area contributed by atoms with E-state index in [1.165, 1.54) is 0 Å². The third-order valence-corrected chi connectivity index (χ3v) is 4.63. The molecule has 0 saturated carbocycles. The quantitative estimate of drug-likeness (QED) is 0.598. The number of furan rings is 1. The zero-order valence-electron chi connectivity index (χ0n) is 9.31. The van der Waals surface area contributed by atoms with Crippen LogP contribution in [0, 0.1) is 0 Å². The monoisotopic (exact) mass is 411 g/mol. The number of rotatable bonds is 3. The summed E-state index contributed by atoms with van der Waals surface area (Å²) >= 11 is 18.8. The van der Waals surface area contributed by atoms with Crippen LogP contribution in [-0.4, -0.2) is 0 Å². The van der Waals surface area contributed by atoms with Gasteiger partial charge in [-0.25, -0.2) is 0 Å². The van der Waals surface area contributed by atoms with Gasteiger partial charge in [-0.3, -0.25) is 0 Å². The summed E-state index contributed by atoms with van der Waals surface area (Å²) in [6, 6.07) is 7.46. The second kappa shape index (κ2) is 5.87. The van der Waals surface area contributed by atoms with Gasteiger partial charge in [-0.15, -0.1) is 0 Å². The normalized spacial score (nSPS) is 12.5. The van der Waals surface area contributed by atoms with E-state index < -0.39 is 0 Å². The second-order valence-electron chi connectivity index (χ2n) is 3.73. The van der Waals surface area contributed by atoms with Gasteiger partial charge in [0.2, 0.25) is 0 Å². The molecule has 1 heterocycles. The van der Waals surface area contributed by atoms with E-state index in [1.54, 1.807) is 0 Å². The highest BCUT2D eigenvalue weighted by Crippen LogP contribution is 2.37. The van der Waals surface area contributed by atoms with Crippen LogP contribution in [0.5, 0.6) is 0 Å². The van der Waals surface area contributed by atoms with E-state index in [1.807, 2.05) is 31.2 Å². The summed E-state index contributed by atoms with van der Waals surface area (Å²) in [5.41, 5.74) is 0.768. The van der Waals surface area contributed by atoms with Crippen LogP contribution < -0.4 is 5.32 Å². The van der Waals surface area contributed by atoms with Gasteiger partial charge >= 0.3 is 0 Å². The third-order valence-electron chi connectivity index (χ3n) is 2.43. The summed E-state index contributed by atoms with van der Waals surface area (Å²) in [5.74, 6) is 0.817. The first-order valence-electron chi connectivity index (χ1n) is 5.14. The minimum absolute atomic E-state index is 0.00829. The molecule has 1 unspecified atom stereocenters. The summed E-state index contributed by atoms with van der Waals surface area (Å²) in [4.78, 5) is 0. The fraction of sp³-hybridized carbons (Fsp3) is 0.167. The molecule has 2 aromatic rings. The Bertz CT molecular complexity index is 571. The zero-order valence-corrected chi connectivity index (χ0v) is 14.0. The minimum atomic E-state index is -0.00829. The van der Waals surface area contributed by atoms with Gasteiger partial charge in [-0.05, 0) is 63.0 Å². The summed E-state index contributed by atoms with van der Waals surface area (Å²) in [7, 11) is 0. The lowest BCUT2D eigenvalue weighted by molar-refractivity contribution is 0.471. The molecule has 2 rings (SSSR count). The number of hydrogen-bond donors (Lipinski definition) is 1. The third kappa shape index (κ3) is 3.05. The second-order valence-corrected chi connectivity index (χ2v) is 6.12. The van der Waals surface area contributed by atoms with Gasteiger partial charge in [0.25, 0.3) is 0 Å². The SMILES string of the molecule is CC(Nc1ccc(Br)c(Cl)c1Cl)c1ccc(Br)o1. The van der Waals surface area contributed by atoms with E-state index >= 15 is 0 Å². The lowest BCUT2D eigenvalue weighted by atomic mass is 10.2. The molecule has 6 heteroatoms. The molecular formula is C12H9Br2Cl2NO. The highest BCUT2D eigenvalue weighted by molar-refractivity contribution is 9.10. The van der Waals surface area contributed by atoms with Crippen molar-refractivity contribution in [1.82, 2.24) is 0 Å². The smallest absolute Gasteiger partial charge is 0.169 e. The maximum atomic E-state index is 6.17. The standard InChI is InChI=1S/C12H9Br2Cl2NO/c1-6(9-4-5-10(14)18-9)17-8-3-2-7(13)11(15)12(8)16/h2-6,17H,1H3. The fourth-order valence-corrected chi connectivity index (χ4v) is 2.65. The number of nitrogens with one attached hydrogen (secondary N) is 1. The van der Waals surface area contributed by atoms with Crippen molar-refractivity contribution in [2.75, 3.05) is 5.32 Å². The molecule has 18 heavy (non-hydrogen) atoms. The molecule has 0 amide bonds. The first-order chi connectivity index (χ1) is 8.49. The first kappa shape index (κ1) is 14.3. The van der Waals surface area contributed by atoms with Gasteiger partial charge in [-0.1, -0.05) is 23.2 Å². The largest absolute Gasteiger partial charge is 0.452 e. The number of anilines is 1. The predicted octanol–water partition coefficient (Wildman–Crippen LogP) is 6.28. The molecule has 1 N–H and O–H groups in total. The molecule has 2 nitrogen and oxygen atoms in total. The van der Waals surface area contributed by atoms with Crippen LogP contribution in [0.1, 0.15) is 18.7 Å². The molecule has 1 aromatic carbocycles. The van der Waals surface area contributed by atoms with Crippen LogP contribution in [0.15, 0.2) is 37.8 Å². The van der Waals surface area contributed by atoms with Crippen LogP contribution >= 0.6 is 55.1 Å². The van der Waals surface area contributed by atoms with Crippen molar-refractivity contribution in [3.8, 4) is 0 Å². The topological polar surface area (TPSA) is 25.2 Å². The van der Waals surface area contributed by atoms with E-state index in [0.717, 1.165) is 15.9 Å². The average Bonchev–Trinajstić information content (AvgIpc) is 2.77. The Morgan fingerprint density at radius 2 is 1.83 bits per heavy atom. The van der Waals surface area contributed by atoms with Crippen LogP contribution in [0.25, 0.3) is 0 Å². The Balaban J connectivity index is 2.22. The first-order valence-corrected chi connectivity index (χ1v) is 7.48. The van der Waals surface area contributed by atoms with Gasteiger partial charge in [0.15, 0.2) is 4.67 Å². The molecule has 0 aliphatic heterocycles. The van der Waals surface area contributed by atoms with Crippen LogP contribution in [0.2, 0.25) is 10.0 Å². The van der Waals surface area contributed by atoms with Gasteiger partial charge in [0, 0.05) is 4.47 Å². The number of halogens is 4. The van der Waals surface area contributed by atoms with Gasteiger partial charge in [-0.2, -0.15) is 0 Å². The molecule has 0 aliphatic carbocycles. The van der Waals surface area contributed by atoms with Crippen LogP contribution in [-0.2, 0) is 0 Å². The van der Waals surface area contributed by atoms with E-state index in [9.17, 15) is 0 Å². The molecule has 1 aromatic heterocycles. The molecule has 96 valence electrons. The van der Waals surface area contributed by atoms with E-state index in [0.29, 0.717) is 14.7 Å². The Kier molecular flexibility index (Phi) is 4.64. The highest BCUT2D eigenvalue weighted by atomic mass is 79.9. The van der Waals surface area contributed by atoms with Crippen molar-refractivity contribution in [1.29, 1.82) is 0 Å². The summed E-state index contributed by atoms with van der Waals surface area (Å²) in [6.07, 6.45) is 0. The molecule has 0 fully saturated rings. The Morgan fingerprint density at radius 3 is 2.44 bits per heavy atom. The molecule has 0 saturated heterocycles. The number of hydrogen-bond acceptors (Lipinski definition) is 2. The molecule has 0 bridgehead atoms. The van der Waals surface area contributed by atoms with Crippen molar-refractivity contribution in [2.45, 2.75) is 13.0 Å². The molecular weight excluding hydrogens is 405 g/mol. The van der Waals surface area contributed by atoms with E-state index in [2.05, 4.69) is 37.2 Å². The van der Waals surface area contributed by atoms with E-state index in [4.69, 9.17) is 27.6 Å². The molecule has 0 spiro atoms. The van der Waals surface area contributed by atoms with Crippen LogP contribution in [0.4, 0.5) is 5.69 Å². The van der Waals surface area contributed by atoms with Crippen molar-refractivity contribution in [3.63, 3.8) is 0 Å². The highest BCUT2D eigenvalue weighted by Gasteiger charge is 2.14. The Labute approximate surface area is 132 Å². The Morgan fingerprint density at radius 1 is 1.11 bits per heavy atom.